The minimum Gasteiger partial charge on any atom is -0.487 e. The Morgan fingerprint density at radius 1 is 1.12 bits per heavy atom. The maximum Gasteiger partial charge on any atom is 0.340 e. The lowest BCUT2D eigenvalue weighted by Gasteiger charge is -2.16. The highest BCUT2D eigenvalue weighted by Crippen LogP contribution is 2.24. The SMILES string of the molecule is Nc1c(NOCc2ccc(OCC(F)(F)C(F)F)cc2)c(=O)c1=O. The van der Waals surface area contributed by atoms with Gasteiger partial charge in [0, 0.05) is 0 Å². The van der Waals surface area contributed by atoms with E-state index in [4.69, 9.17) is 10.6 Å². The zero-order valence-corrected chi connectivity index (χ0v) is 12.0. The van der Waals surface area contributed by atoms with Gasteiger partial charge >= 0.3 is 12.3 Å². The van der Waals surface area contributed by atoms with Gasteiger partial charge in [0.05, 0.1) is 6.61 Å². The summed E-state index contributed by atoms with van der Waals surface area (Å²) in [7, 11) is 0. The van der Waals surface area contributed by atoms with Crippen molar-refractivity contribution in [1.29, 1.82) is 0 Å². The van der Waals surface area contributed by atoms with Gasteiger partial charge < -0.3 is 10.5 Å². The lowest BCUT2D eigenvalue weighted by molar-refractivity contribution is -0.148. The van der Waals surface area contributed by atoms with Crippen LogP contribution >= 0.6 is 0 Å². The Hall–Kier alpha value is -2.62. The van der Waals surface area contributed by atoms with Crippen LogP contribution in [0.25, 0.3) is 0 Å². The van der Waals surface area contributed by atoms with E-state index >= 15 is 0 Å². The highest BCUT2D eigenvalue weighted by molar-refractivity contribution is 5.70. The summed E-state index contributed by atoms with van der Waals surface area (Å²) in [4.78, 5) is 27.0. The van der Waals surface area contributed by atoms with E-state index in [0.29, 0.717) is 5.56 Å². The van der Waals surface area contributed by atoms with Crippen LogP contribution < -0.4 is 26.8 Å². The van der Waals surface area contributed by atoms with Crippen LogP contribution in [0.4, 0.5) is 28.9 Å². The third kappa shape index (κ3) is 3.82. The highest BCUT2D eigenvalue weighted by Gasteiger charge is 2.41. The number of hydrogen-bond donors (Lipinski definition) is 2. The van der Waals surface area contributed by atoms with Gasteiger partial charge in [-0.25, -0.2) is 8.78 Å². The molecule has 0 aliphatic rings. The number of ether oxygens (including phenoxy) is 1. The van der Waals surface area contributed by atoms with Gasteiger partial charge in [0.1, 0.15) is 17.1 Å². The van der Waals surface area contributed by atoms with Gasteiger partial charge in [0.2, 0.25) is 0 Å². The van der Waals surface area contributed by atoms with Gasteiger partial charge in [-0.05, 0) is 17.7 Å². The molecule has 0 amide bonds. The summed E-state index contributed by atoms with van der Waals surface area (Å²) in [6.45, 7) is -1.47. The summed E-state index contributed by atoms with van der Waals surface area (Å²) in [5, 5.41) is 0. The second kappa shape index (κ2) is 6.87. The molecule has 0 fully saturated rings. The Bertz CT molecular complexity index is 770. The molecular formula is C14H12F4N2O4. The highest BCUT2D eigenvalue weighted by atomic mass is 19.3. The summed E-state index contributed by atoms with van der Waals surface area (Å²) in [6.07, 6.45) is -3.81. The zero-order chi connectivity index (χ0) is 17.9. The predicted molar refractivity (Wildman–Crippen MR) is 77.1 cm³/mol. The number of benzene rings is 1. The number of nitrogens with two attached hydrogens (primary N) is 1. The molecule has 10 heteroatoms. The summed E-state index contributed by atoms with van der Waals surface area (Å²) in [6, 6.07) is 5.49. The van der Waals surface area contributed by atoms with Gasteiger partial charge in [-0.1, -0.05) is 12.1 Å². The van der Waals surface area contributed by atoms with E-state index in [1.54, 1.807) is 0 Å². The molecule has 0 aliphatic carbocycles. The molecule has 0 saturated heterocycles. The van der Waals surface area contributed by atoms with E-state index < -0.39 is 29.8 Å². The number of rotatable bonds is 8. The van der Waals surface area contributed by atoms with Crippen molar-refractivity contribution in [2.24, 2.45) is 0 Å². The van der Waals surface area contributed by atoms with Crippen LogP contribution in [0.5, 0.6) is 5.75 Å². The molecule has 0 heterocycles. The van der Waals surface area contributed by atoms with Crippen LogP contribution in [0.2, 0.25) is 0 Å². The topological polar surface area (TPSA) is 90.7 Å². The standard InChI is InChI=1S/C14H12F4N2O4/c15-13(16)14(17,18)6-23-8-3-1-7(2-4-8)5-24-20-10-9(19)11(21)12(10)22/h1-4,13,20H,5-6,19H2. The molecule has 0 atom stereocenters. The van der Waals surface area contributed by atoms with Gasteiger partial charge in [0.15, 0.2) is 6.61 Å². The van der Waals surface area contributed by atoms with E-state index in [1.807, 2.05) is 0 Å². The van der Waals surface area contributed by atoms with Crippen LogP contribution in [0.3, 0.4) is 0 Å². The Labute approximate surface area is 132 Å². The van der Waals surface area contributed by atoms with E-state index in [0.717, 1.165) is 0 Å². The number of nitrogens with one attached hydrogen (secondary N) is 1. The first kappa shape index (κ1) is 17.7. The Kier molecular flexibility index (Phi) is 5.07. The van der Waals surface area contributed by atoms with Crippen molar-refractivity contribution in [3.63, 3.8) is 0 Å². The monoisotopic (exact) mass is 348 g/mol. The molecule has 0 aromatic heterocycles. The molecule has 0 bridgehead atoms. The van der Waals surface area contributed by atoms with Crippen LogP contribution in [0, 0.1) is 0 Å². The van der Waals surface area contributed by atoms with E-state index in [1.165, 1.54) is 24.3 Å². The number of halogens is 4. The smallest absolute Gasteiger partial charge is 0.340 e. The fraction of sp³-hybridized carbons (Fsp3) is 0.286. The summed E-state index contributed by atoms with van der Waals surface area (Å²) < 4.78 is 54.0. The van der Waals surface area contributed by atoms with Crippen molar-refractivity contribution >= 4 is 11.4 Å². The van der Waals surface area contributed by atoms with Gasteiger partial charge in [-0.15, -0.1) is 0 Å². The number of nitrogen functional groups attached to an aromatic ring is 1. The molecule has 2 aromatic rings. The Balaban J connectivity index is 1.82. The molecule has 0 radical (unpaired) electrons. The molecular weight excluding hydrogens is 336 g/mol. The average Bonchev–Trinajstić information content (AvgIpc) is 2.57. The lowest BCUT2D eigenvalue weighted by atomic mass is 10.2. The second-order valence-electron chi connectivity index (χ2n) is 4.83. The number of alkyl halides is 4. The summed E-state index contributed by atoms with van der Waals surface area (Å²) in [5.74, 6) is -4.25. The van der Waals surface area contributed by atoms with Gasteiger partial charge in [0.25, 0.3) is 10.9 Å². The molecule has 0 aliphatic heterocycles. The minimum atomic E-state index is -4.23. The largest absolute Gasteiger partial charge is 0.487 e. The lowest BCUT2D eigenvalue weighted by Crippen LogP contribution is -2.37. The fourth-order valence-corrected chi connectivity index (χ4v) is 1.63. The second-order valence-corrected chi connectivity index (χ2v) is 4.83. The summed E-state index contributed by atoms with van der Waals surface area (Å²) >= 11 is 0. The molecule has 2 aromatic carbocycles. The molecule has 0 saturated carbocycles. The summed E-state index contributed by atoms with van der Waals surface area (Å²) in [5.41, 5.74) is 6.16. The van der Waals surface area contributed by atoms with Crippen molar-refractivity contribution in [2.45, 2.75) is 19.0 Å². The number of hydrogen-bond acceptors (Lipinski definition) is 6. The molecule has 24 heavy (non-hydrogen) atoms. The van der Waals surface area contributed by atoms with Crippen molar-refractivity contribution in [3.8, 4) is 5.75 Å². The first-order valence-corrected chi connectivity index (χ1v) is 6.56. The normalized spacial score (nSPS) is 11.9. The van der Waals surface area contributed by atoms with Crippen LogP contribution in [0.1, 0.15) is 5.56 Å². The zero-order valence-electron chi connectivity index (χ0n) is 12.0. The quantitative estimate of drug-likeness (QED) is 0.429. The maximum atomic E-state index is 12.7. The van der Waals surface area contributed by atoms with Gasteiger partial charge in [-0.2, -0.15) is 8.78 Å². The molecule has 2 rings (SSSR count). The molecule has 0 spiro atoms. The molecule has 130 valence electrons. The Morgan fingerprint density at radius 2 is 1.75 bits per heavy atom. The Morgan fingerprint density at radius 3 is 2.29 bits per heavy atom. The van der Waals surface area contributed by atoms with Crippen LogP contribution in [0.15, 0.2) is 33.9 Å². The number of anilines is 2. The molecule has 0 unspecified atom stereocenters. The van der Waals surface area contributed by atoms with Crippen LogP contribution in [-0.2, 0) is 11.4 Å². The van der Waals surface area contributed by atoms with Gasteiger partial charge in [-0.3, -0.25) is 19.9 Å². The predicted octanol–water partition coefficient (Wildman–Crippen LogP) is 1.69. The van der Waals surface area contributed by atoms with E-state index in [-0.39, 0.29) is 23.7 Å². The van der Waals surface area contributed by atoms with Crippen molar-refractivity contribution < 1.29 is 27.1 Å². The fourth-order valence-electron chi connectivity index (χ4n) is 1.63. The van der Waals surface area contributed by atoms with Crippen LogP contribution in [-0.4, -0.2) is 19.0 Å². The van der Waals surface area contributed by atoms with E-state index in [9.17, 15) is 27.2 Å². The third-order valence-electron chi connectivity index (χ3n) is 3.03. The van der Waals surface area contributed by atoms with E-state index in [2.05, 4.69) is 10.2 Å². The van der Waals surface area contributed by atoms with Crippen molar-refractivity contribution in [1.82, 2.24) is 0 Å². The van der Waals surface area contributed by atoms with Crippen molar-refractivity contribution in [3.05, 3.63) is 50.3 Å². The first-order valence-electron chi connectivity index (χ1n) is 6.56. The maximum absolute atomic E-state index is 12.7. The van der Waals surface area contributed by atoms with Crippen molar-refractivity contribution in [2.75, 3.05) is 17.8 Å². The first-order chi connectivity index (χ1) is 11.2. The molecule has 3 N–H and O–H groups in total. The molecule has 6 nitrogen and oxygen atoms in total. The minimum absolute atomic E-state index is 0.0150. The average molecular weight is 348 g/mol. The third-order valence-corrected chi connectivity index (χ3v) is 3.03.